The number of anilines is 1. The van der Waals surface area contributed by atoms with Crippen LogP contribution in [0.1, 0.15) is 29.8 Å². The molecule has 1 aliphatic heterocycles. The van der Waals surface area contributed by atoms with E-state index in [0.717, 1.165) is 31.6 Å². The Morgan fingerprint density at radius 1 is 1.39 bits per heavy atom. The average Bonchev–Trinajstić information content (AvgIpc) is 2.46. The molecule has 0 spiro atoms. The van der Waals surface area contributed by atoms with Crippen molar-refractivity contribution in [1.82, 2.24) is 9.88 Å². The number of carbonyl (C=O) groups is 1. The van der Waals surface area contributed by atoms with Crippen LogP contribution in [-0.4, -0.2) is 35.4 Å². The smallest absolute Gasteiger partial charge is 0.272 e. The Balaban J connectivity index is 1.99. The van der Waals surface area contributed by atoms with Crippen molar-refractivity contribution < 1.29 is 4.79 Å². The molecule has 0 saturated carbocycles. The van der Waals surface area contributed by atoms with Gasteiger partial charge in [0.15, 0.2) is 0 Å². The monoisotopic (exact) mass is 245 g/mol. The van der Waals surface area contributed by atoms with Gasteiger partial charge in [0, 0.05) is 19.6 Å². The van der Waals surface area contributed by atoms with Crippen LogP contribution in [0.3, 0.4) is 0 Å². The van der Waals surface area contributed by atoms with E-state index in [4.69, 9.17) is 0 Å². The third kappa shape index (κ3) is 3.09. The minimum Gasteiger partial charge on any atom is -0.380 e. The van der Waals surface area contributed by atoms with Gasteiger partial charge in [0.05, 0.1) is 11.9 Å². The van der Waals surface area contributed by atoms with E-state index in [1.807, 2.05) is 11.0 Å². The van der Waals surface area contributed by atoms with Crippen molar-refractivity contribution >= 4 is 11.6 Å². The molecule has 1 aromatic heterocycles. The molecule has 2 rings (SSSR count). The van der Waals surface area contributed by atoms with Crippen LogP contribution >= 0.6 is 0 Å². The van der Waals surface area contributed by atoms with Crippen molar-refractivity contribution in [3.05, 3.63) is 36.7 Å². The van der Waals surface area contributed by atoms with Gasteiger partial charge in [-0.15, -0.1) is 6.58 Å². The third-order valence-corrected chi connectivity index (χ3v) is 3.08. The number of piperidine rings is 1. The number of aromatic nitrogens is 1. The van der Waals surface area contributed by atoms with Gasteiger partial charge in [0.1, 0.15) is 5.69 Å². The van der Waals surface area contributed by atoms with Crippen LogP contribution in [0.5, 0.6) is 0 Å². The number of hydrogen-bond acceptors (Lipinski definition) is 3. The van der Waals surface area contributed by atoms with Crippen molar-refractivity contribution in [3.8, 4) is 0 Å². The molecule has 96 valence electrons. The standard InChI is InChI=1S/C14H19N3O/c1-2-8-15-12-6-7-13(16-11-12)14(18)17-9-4-3-5-10-17/h2,6-7,11,15H,1,3-5,8-10H2. The fourth-order valence-corrected chi connectivity index (χ4v) is 2.07. The van der Waals surface area contributed by atoms with Crippen LogP contribution in [0.2, 0.25) is 0 Å². The van der Waals surface area contributed by atoms with Crippen molar-refractivity contribution in [2.24, 2.45) is 0 Å². The minimum absolute atomic E-state index is 0.0463. The molecule has 4 heteroatoms. The summed E-state index contributed by atoms with van der Waals surface area (Å²) in [6.07, 6.45) is 6.91. The van der Waals surface area contributed by atoms with Gasteiger partial charge in [-0.2, -0.15) is 0 Å². The lowest BCUT2D eigenvalue weighted by Crippen LogP contribution is -2.36. The Morgan fingerprint density at radius 2 is 2.17 bits per heavy atom. The highest BCUT2D eigenvalue weighted by atomic mass is 16.2. The normalized spacial score (nSPS) is 15.2. The van der Waals surface area contributed by atoms with Gasteiger partial charge >= 0.3 is 0 Å². The maximum Gasteiger partial charge on any atom is 0.272 e. The first-order valence-corrected chi connectivity index (χ1v) is 6.41. The molecule has 4 nitrogen and oxygen atoms in total. The first-order chi connectivity index (χ1) is 8.81. The maximum atomic E-state index is 12.2. The third-order valence-electron chi connectivity index (χ3n) is 3.08. The van der Waals surface area contributed by atoms with Crippen LogP contribution in [0.25, 0.3) is 0 Å². The summed E-state index contributed by atoms with van der Waals surface area (Å²) in [4.78, 5) is 18.3. The van der Waals surface area contributed by atoms with Gasteiger partial charge in [-0.3, -0.25) is 4.79 Å². The lowest BCUT2D eigenvalue weighted by molar-refractivity contribution is 0.0718. The average molecular weight is 245 g/mol. The van der Waals surface area contributed by atoms with Crippen LogP contribution < -0.4 is 5.32 Å². The molecule has 1 saturated heterocycles. The number of carbonyl (C=O) groups excluding carboxylic acids is 1. The molecular weight excluding hydrogens is 226 g/mol. The van der Waals surface area contributed by atoms with E-state index in [1.54, 1.807) is 18.3 Å². The lowest BCUT2D eigenvalue weighted by atomic mass is 10.1. The molecular formula is C14H19N3O. The second-order valence-electron chi connectivity index (χ2n) is 4.45. The highest BCUT2D eigenvalue weighted by Crippen LogP contribution is 2.13. The van der Waals surface area contributed by atoms with Crippen molar-refractivity contribution in [3.63, 3.8) is 0 Å². The Kier molecular flexibility index (Phi) is 4.34. The summed E-state index contributed by atoms with van der Waals surface area (Å²) in [6, 6.07) is 3.66. The van der Waals surface area contributed by atoms with Gasteiger partial charge in [-0.1, -0.05) is 6.08 Å². The number of nitrogens with zero attached hydrogens (tertiary/aromatic N) is 2. The Hall–Kier alpha value is -1.84. The summed E-state index contributed by atoms with van der Waals surface area (Å²) >= 11 is 0. The molecule has 1 amide bonds. The number of likely N-dealkylation sites (tertiary alicyclic amines) is 1. The Bertz CT molecular complexity index is 408. The number of hydrogen-bond donors (Lipinski definition) is 1. The molecule has 0 bridgehead atoms. The molecule has 18 heavy (non-hydrogen) atoms. The molecule has 1 aromatic rings. The van der Waals surface area contributed by atoms with E-state index >= 15 is 0 Å². The fourth-order valence-electron chi connectivity index (χ4n) is 2.07. The minimum atomic E-state index is 0.0463. The molecule has 1 N–H and O–H groups in total. The molecule has 0 radical (unpaired) electrons. The van der Waals surface area contributed by atoms with E-state index in [9.17, 15) is 4.79 Å². The molecule has 1 fully saturated rings. The second-order valence-corrected chi connectivity index (χ2v) is 4.45. The van der Waals surface area contributed by atoms with E-state index in [0.29, 0.717) is 12.2 Å². The summed E-state index contributed by atoms with van der Waals surface area (Å²) in [5.74, 6) is 0.0463. The summed E-state index contributed by atoms with van der Waals surface area (Å²) in [7, 11) is 0. The van der Waals surface area contributed by atoms with Crippen molar-refractivity contribution in [2.45, 2.75) is 19.3 Å². The van der Waals surface area contributed by atoms with Gasteiger partial charge in [0.2, 0.25) is 0 Å². The first-order valence-electron chi connectivity index (χ1n) is 6.41. The zero-order chi connectivity index (χ0) is 12.8. The van der Waals surface area contributed by atoms with Gasteiger partial charge < -0.3 is 10.2 Å². The topological polar surface area (TPSA) is 45.2 Å². The van der Waals surface area contributed by atoms with Crippen LogP contribution in [0.4, 0.5) is 5.69 Å². The summed E-state index contributed by atoms with van der Waals surface area (Å²) in [6.45, 7) is 6.05. The number of pyridine rings is 1. The highest BCUT2D eigenvalue weighted by Gasteiger charge is 2.18. The zero-order valence-electron chi connectivity index (χ0n) is 10.6. The summed E-state index contributed by atoms with van der Waals surface area (Å²) < 4.78 is 0. The van der Waals surface area contributed by atoms with Gasteiger partial charge in [0.25, 0.3) is 5.91 Å². The van der Waals surface area contributed by atoms with E-state index in [1.165, 1.54) is 6.42 Å². The number of rotatable bonds is 4. The molecule has 2 heterocycles. The van der Waals surface area contributed by atoms with E-state index < -0.39 is 0 Å². The van der Waals surface area contributed by atoms with Crippen LogP contribution in [0, 0.1) is 0 Å². The highest BCUT2D eigenvalue weighted by molar-refractivity contribution is 5.92. The van der Waals surface area contributed by atoms with Gasteiger partial charge in [-0.25, -0.2) is 4.98 Å². The molecule has 0 aliphatic carbocycles. The zero-order valence-corrected chi connectivity index (χ0v) is 10.6. The summed E-state index contributed by atoms with van der Waals surface area (Å²) in [5, 5.41) is 3.13. The lowest BCUT2D eigenvalue weighted by Gasteiger charge is -2.26. The van der Waals surface area contributed by atoms with Crippen molar-refractivity contribution in [2.75, 3.05) is 25.0 Å². The Labute approximate surface area is 108 Å². The molecule has 1 aliphatic rings. The molecule has 0 aromatic carbocycles. The van der Waals surface area contributed by atoms with Crippen LogP contribution in [0.15, 0.2) is 31.0 Å². The van der Waals surface area contributed by atoms with Crippen LogP contribution in [-0.2, 0) is 0 Å². The van der Waals surface area contributed by atoms with E-state index in [-0.39, 0.29) is 5.91 Å². The predicted octanol–water partition coefficient (Wildman–Crippen LogP) is 2.31. The number of nitrogens with one attached hydrogen (secondary N) is 1. The quantitative estimate of drug-likeness (QED) is 0.828. The number of amides is 1. The molecule has 0 atom stereocenters. The predicted molar refractivity (Wildman–Crippen MR) is 72.7 cm³/mol. The van der Waals surface area contributed by atoms with Crippen molar-refractivity contribution in [1.29, 1.82) is 0 Å². The SMILES string of the molecule is C=CCNc1ccc(C(=O)N2CCCCC2)nc1. The summed E-state index contributed by atoms with van der Waals surface area (Å²) in [5.41, 5.74) is 1.44. The fraction of sp³-hybridized carbons (Fsp3) is 0.429. The first kappa shape index (κ1) is 12.6. The van der Waals surface area contributed by atoms with E-state index in [2.05, 4.69) is 16.9 Å². The largest absolute Gasteiger partial charge is 0.380 e. The molecule has 0 unspecified atom stereocenters. The second kappa shape index (κ2) is 6.19. The maximum absolute atomic E-state index is 12.2. The Morgan fingerprint density at radius 3 is 2.78 bits per heavy atom. The van der Waals surface area contributed by atoms with Gasteiger partial charge in [-0.05, 0) is 31.4 Å².